The molecule has 2 N–H and O–H groups in total. The lowest BCUT2D eigenvalue weighted by atomic mass is 9.74. The zero-order chi connectivity index (χ0) is 37.6. The number of hydrogen-bond donors (Lipinski definition) is 2. The highest BCUT2D eigenvalue weighted by Crippen LogP contribution is 2.37. The second-order valence-corrected chi connectivity index (χ2v) is 14.6. The van der Waals surface area contributed by atoms with Crippen LogP contribution in [0.3, 0.4) is 0 Å². The number of methoxy groups -OCH3 is 1. The number of hydrogen-bond acceptors (Lipinski definition) is 8. The van der Waals surface area contributed by atoms with Crippen LogP contribution in [-0.2, 0) is 36.6 Å². The smallest absolute Gasteiger partial charge is 0.480 e. The predicted molar refractivity (Wildman–Crippen MR) is 207 cm³/mol. The van der Waals surface area contributed by atoms with Gasteiger partial charge in [0.1, 0.15) is 5.75 Å². The zero-order valence-corrected chi connectivity index (χ0v) is 31.1. The minimum absolute atomic E-state index is 0.0142. The number of nitrogens with one attached hydrogen (secondary N) is 1. The summed E-state index contributed by atoms with van der Waals surface area (Å²) < 4.78 is 23.7. The summed E-state index contributed by atoms with van der Waals surface area (Å²) in [7, 11) is 0.806. The summed E-state index contributed by atoms with van der Waals surface area (Å²) in [5.41, 5.74) is 3.65. The van der Waals surface area contributed by atoms with E-state index >= 15 is 0 Å². The van der Waals surface area contributed by atoms with Gasteiger partial charge in [0.05, 0.1) is 28.6 Å². The second-order valence-electron chi connectivity index (χ2n) is 14.6. The Kier molecular flexibility index (Phi) is 11.8. The molecule has 0 aromatic heterocycles. The van der Waals surface area contributed by atoms with Gasteiger partial charge in [-0.25, -0.2) is 4.79 Å². The van der Waals surface area contributed by atoms with Crippen molar-refractivity contribution in [3.8, 4) is 5.75 Å². The van der Waals surface area contributed by atoms with Gasteiger partial charge >= 0.3 is 13.1 Å². The van der Waals surface area contributed by atoms with E-state index in [1.165, 1.54) is 7.11 Å². The molecular formula is C42H48BN3O7. The fourth-order valence-corrected chi connectivity index (χ4v) is 6.77. The van der Waals surface area contributed by atoms with Crippen molar-refractivity contribution in [3.63, 3.8) is 0 Å². The van der Waals surface area contributed by atoms with Gasteiger partial charge in [-0.3, -0.25) is 14.7 Å². The van der Waals surface area contributed by atoms with Crippen molar-refractivity contribution in [1.29, 1.82) is 0 Å². The quantitative estimate of drug-likeness (QED) is 0.0913. The highest BCUT2D eigenvalue weighted by atomic mass is 16.7. The highest BCUT2D eigenvalue weighted by Gasteiger charge is 2.52. The monoisotopic (exact) mass is 717 g/mol. The molecule has 2 aliphatic heterocycles. The Morgan fingerprint density at radius 3 is 2.28 bits per heavy atom. The van der Waals surface area contributed by atoms with Crippen LogP contribution in [0.4, 0.5) is 5.69 Å². The summed E-state index contributed by atoms with van der Waals surface area (Å²) >= 11 is 0. The fourth-order valence-electron chi connectivity index (χ4n) is 6.77. The molecule has 2 heterocycles. The van der Waals surface area contributed by atoms with E-state index in [0.29, 0.717) is 40.3 Å². The van der Waals surface area contributed by atoms with Gasteiger partial charge in [0.15, 0.2) is 12.8 Å². The number of para-hydroxylation sites is 1. The Morgan fingerprint density at radius 2 is 1.60 bits per heavy atom. The Balaban J connectivity index is 1.35. The van der Waals surface area contributed by atoms with Crippen molar-refractivity contribution >= 4 is 35.9 Å². The van der Waals surface area contributed by atoms with Crippen LogP contribution in [0.5, 0.6) is 5.75 Å². The number of benzene rings is 4. The van der Waals surface area contributed by atoms with Crippen molar-refractivity contribution < 1.29 is 33.5 Å². The number of carboxylic acids is 1. The summed E-state index contributed by atoms with van der Waals surface area (Å²) in [4.78, 5) is 34.2. The number of anilines is 1. The van der Waals surface area contributed by atoms with E-state index < -0.39 is 30.3 Å². The first kappa shape index (κ1) is 37.9. The van der Waals surface area contributed by atoms with Crippen LogP contribution < -0.4 is 15.5 Å². The lowest BCUT2D eigenvalue weighted by molar-refractivity contribution is -0.138. The molecule has 4 aromatic carbocycles. The number of rotatable bonds is 14. The van der Waals surface area contributed by atoms with Crippen molar-refractivity contribution in [2.24, 2.45) is 4.99 Å². The number of carbonyl (C=O) groups is 2. The fraction of sp³-hybridized carbons (Fsp3) is 0.357. The number of likely N-dealkylation sites (tertiary alicyclic amines) is 1. The molecule has 0 radical (unpaired) electrons. The minimum atomic E-state index is -1.22. The van der Waals surface area contributed by atoms with E-state index in [1.807, 2.05) is 107 Å². The molecule has 53 heavy (non-hydrogen) atoms. The van der Waals surface area contributed by atoms with E-state index in [1.54, 1.807) is 12.1 Å². The van der Waals surface area contributed by atoms with Gasteiger partial charge in [-0.1, -0.05) is 84.9 Å². The highest BCUT2D eigenvalue weighted by molar-refractivity contribution is 6.62. The van der Waals surface area contributed by atoms with Crippen LogP contribution >= 0.6 is 0 Å². The van der Waals surface area contributed by atoms with Gasteiger partial charge in [0.25, 0.3) is 0 Å². The Labute approximate surface area is 312 Å². The number of aliphatic carboxylic acids is 1. The molecule has 4 aromatic rings. The van der Waals surface area contributed by atoms with Gasteiger partial charge in [-0.15, -0.1) is 0 Å². The summed E-state index contributed by atoms with van der Waals surface area (Å²) in [5.74, 6) is -0.696. The first-order valence-electron chi connectivity index (χ1n) is 18.1. The van der Waals surface area contributed by atoms with E-state index in [2.05, 4.69) is 22.3 Å². The maximum atomic E-state index is 13.9. The van der Waals surface area contributed by atoms with Gasteiger partial charge < -0.3 is 29.2 Å². The van der Waals surface area contributed by atoms with E-state index in [4.69, 9.17) is 23.8 Å². The van der Waals surface area contributed by atoms with Crippen molar-refractivity contribution in [2.75, 3.05) is 25.8 Å². The Bertz CT molecular complexity index is 1900. The largest absolute Gasteiger partial charge is 0.495 e. The number of aliphatic imine (C=N–C) groups is 1. The van der Waals surface area contributed by atoms with Gasteiger partial charge in [-0.05, 0) is 81.9 Å². The van der Waals surface area contributed by atoms with Gasteiger partial charge in [-0.2, -0.15) is 0 Å². The van der Waals surface area contributed by atoms with E-state index in [-0.39, 0.29) is 25.2 Å². The average Bonchev–Trinajstić information content (AvgIpc) is 3.69. The predicted octanol–water partition coefficient (Wildman–Crippen LogP) is 6.10. The average molecular weight is 718 g/mol. The van der Waals surface area contributed by atoms with Crippen LogP contribution in [0.15, 0.2) is 108 Å². The summed E-state index contributed by atoms with van der Waals surface area (Å²) in [5, 5.41) is 13.9. The molecule has 2 fully saturated rings. The Hall–Kier alpha value is -4.81. The van der Waals surface area contributed by atoms with E-state index in [9.17, 15) is 14.7 Å². The molecule has 0 bridgehead atoms. The normalized spacial score (nSPS) is 18.8. The van der Waals surface area contributed by atoms with Crippen LogP contribution in [0.1, 0.15) is 62.8 Å². The van der Waals surface area contributed by atoms with Gasteiger partial charge in [0.2, 0.25) is 5.91 Å². The molecule has 2 aliphatic rings. The number of carbonyl (C=O) groups excluding carboxylic acids is 1. The standard InChI is InChI=1S/C42H48BN3O7/c1-41(2)42(3,4)53-43(52-41)34-23-22-32(51-28-50-5)25-31(34)26-36(40(48)49)44-38(30-17-10-7-11-18-30)33-19-12-13-20-35(33)45-39(47)37-21-14-24-46(37)27-29-15-8-6-9-16-29/h6-13,15-20,22-23,25,36-37H,14,21,24,26-28H2,1-5H3,(H,45,47)(H,48,49)/t36-,37-/m0/s1. The molecule has 11 heteroatoms. The number of carboxylic acid groups (broad SMARTS) is 1. The second kappa shape index (κ2) is 16.5. The lowest BCUT2D eigenvalue weighted by Crippen LogP contribution is -2.41. The molecule has 0 unspecified atom stereocenters. The first-order valence-corrected chi connectivity index (χ1v) is 18.1. The summed E-state index contributed by atoms with van der Waals surface area (Å²) in [6, 6.07) is 31.0. The lowest BCUT2D eigenvalue weighted by Gasteiger charge is -2.32. The number of ether oxygens (including phenoxy) is 2. The molecule has 2 atom stereocenters. The van der Waals surface area contributed by atoms with E-state index in [0.717, 1.165) is 30.5 Å². The topological polar surface area (TPSA) is 119 Å². The Morgan fingerprint density at radius 1 is 0.943 bits per heavy atom. The summed E-state index contributed by atoms with van der Waals surface area (Å²) in [6.07, 6.45) is 1.69. The molecular weight excluding hydrogens is 669 g/mol. The van der Waals surface area contributed by atoms with Gasteiger partial charge in [0, 0.05) is 31.2 Å². The minimum Gasteiger partial charge on any atom is -0.480 e. The third kappa shape index (κ3) is 8.88. The molecule has 1 amide bonds. The molecule has 0 aliphatic carbocycles. The van der Waals surface area contributed by atoms with Crippen LogP contribution in [0, 0.1) is 0 Å². The third-order valence-electron chi connectivity index (χ3n) is 10.3. The molecule has 0 spiro atoms. The first-order chi connectivity index (χ1) is 25.5. The molecule has 2 saturated heterocycles. The SMILES string of the molecule is COCOc1ccc(B2OC(C)(C)C(C)(C)O2)c(C[C@H](N=C(c2ccccc2)c2ccccc2NC(=O)[C@@H]2CCCN2Cc2ccccc2)C(=O)O)c1. The molecule has 6 rings (SSSR count). The molecule has 0 saturated carbocycles. The third-order valence-corrected chi connectivity index (χ3v) is 10.3. The molecule has 276 valence electrons. The van der Waals surface area contributed by atoms with Crippen molar-refractivity contribution in [3.05, 3.63) is 125 Å². The van der Waals surface area contributed by atoms with Crippen LogP contribution in [0.2, 0.25) is 0 Å². The summed E-state index contributed by atoms with van der Waals surface area (Å²) in [6.45, 7) is 9.44. The molecule has 10 nitrogen and oxygen atoms in total. The van der Waals surface area contributed by atoms with Crippen LogP contribution in [-0.4, -0.2) is 78.4 Å². The number of nitrogens with zero attached hydrogens (tertiary/aromatic N) is 2. The zero-order valence-electron chi connectivity index (χ0n) is 31.1. The maximum Gasteiger partial charge on any atom is 0.495 e. The maximum absolute atomic E-state index is 13.9. The van der Waals surface area contributed by atoms with Crippen LogP contribution in [0.25, 0.3) is 0 Å². The van der Waals surface area contributed by atoms with Crippen molar-refractivity contribution in [1.82, 2.24) is 4.90 Å². The van der Waals surface area contributed by atoms with Crippen molar-refractivity contribution in [2.45, 2.75) is 76.8 Å². The number of amides is 1.